The van der Waals surface area contributed by atoms with E-state index in [-0.39, 0.29) is 5.97 Å². The first-order valence-electron chi connectivity index (χ1n) is 4.05. The Hall–Kier alpha value is -0.180. The first-order valence-corrected chi connectivity index (χ1v) is 4.41. The highest BCUT2D eigenvalue weighted by Crippen LogP contribution is 2.12. The number of rotatable bonds is 5. The van der Waals surface area contributed by atoms with Gasteiger partial charge in [-0.25, -0.2) is 0 Å². The lowest BCUT2D eigenvalue weighted by Gasteiger charge is -2.07. The summed E-state index contributed by atoms with van der Waals surface area (Å²) in [7, 11) is 0. The average Bonchev–Trinajstić information content (AvgIpc) is 2.00. The molecule has 0 bridgehead atoms. The largest absolute Gasteiger partial charge is 0.395 e. The standard InChI is InChI=1S/C8H16O2S/c1-3-4-5-7(2)6-8(9)10-11/h7,11H,3-6H2,1-2H3. The van der Waals surface area contributed by atoms with Gasteiger partial charge in [-0.3, -0.25) is 4.79 Å². The maximum atomic E-state index is 10.7. The highest BCUT2D eigenvalue weighted by Gasteiger charge is 2.08. The maximum absolute atomic E-state index is 10.7. The first-order chi connectivity index (χ1) is 5.20. The van der Waals surface area contributed by atoms with Gasteiger partial charge in [0.15, 0.2) is 0 Å². The van der Waals surface area contributed by atoms with Gasteiger partial charge in [0.05, 0.1) is 0 Å². The summed E-state index contributed by atoms with van der Waals surface area (Å²) in [4.78, 5) is 10.7. The minimum absolute atomic E-state index is 0.225. The van der Waals surface area contributed by atoms with Crippen molar-refractivity contribution in [3.8, 4) is 0 Å². The van der Waals surface area contributed by atoms with Crippen molar-refractivity contribution in [2.45, 2.75) is 39.5 Å². The summed E-state index contributed by atoms with van der Waals surface area (Å²) < 4.78 is 4.26. The van der Waals surface area contributed by atoms with Crippen molar-refractivity contribution in [3.05, 3.63) is 0 Å². The number of carbonyl (C=O) groups excluding carboxylic acids is 1. The van der Waals surface area contributed by atoms with Crippen LogP contribution in [0, 0.1) is 5.92 Å². The lowest BCUT2D eigenvalue weighted by Crippen LogP contribution is -2.04. The van der Waals surface area contributed by atoms with Crippen molar-refractivity contribution < 1.29 is 8.98 Å². The molecule has 0 amide bonds. The van der Waals surface area contributed by atoms with Crippen LogP contribution in [0.2, 0.25) is 0 Å². The van der Waals surface area contributed by atoms with Gasteiger partial charge in [-0.05, 0) is 5.92 Å². The van der Waals surface area contributed by atoms with Crippen LogP contribution < -0.4 is 0 Å². The molecule has 0 aliphatic carbocycles. The molecule has 0 spiro atoms. The van der Waals surface area contributed by atoms with Crippen molar-refractivity contribution in [1.82, 2.24) is 0 Å². The zero-order valence-electron chi connectivity index (χ0n) is 7.17. The number of hydrogen-bond donors (Lipinski definition) is 1. The van der Waals surface area contributed by atoms with E-state index in [4.69, 9.17) is 0 Å². The predicted octanol–water partition coefficient (Wildman–Crippen LogP) is 2.59. The third-order valence-corrected chi connectivity index (χ3v) is 1.87. The molecule has 11 heavy (non-hydrogen) atoms. The fraction of sp³-hybridized carbons (Fsp3) is 0.875. The Morgan fingerprint density at radius 3 is 2.73 bits per heavy atom. The second-order valence-corrected chi connectivity index (χ2v) is 3.10. The maximum Gasteiger partial charge on any atom is 0.317 e. The Bertz CT molecular complexity index is 115. The molecule has 0 rings (SSSR count). The SMILES string of the molecule is CCCCC(C)CC(=O)OS. The summed E-state index contributed by atoms with van der Waals surface area (Å²) in [6.07, 6.45) is 3.95. The summed E-state index contributed by atoms with van der Waals surface area (Å²) in [6.45, 7) is 4.20. The third kappa shape index (κ3) is 6.23. The van der Waals surface area contributed by atoms with E-state index in [1.807, 2.05) is 0 Å². The monoisotopic (exact) mass is 176 g/mol. The number of unbranched alkanes of at least 4 members (excludes halogenated alkanes) is 1. The van der Waals surface area contributed by atoms with Gasteiger partial charge in [0.2, 0.25) is 0 Å². The third-order valence-electron chi connectivity index (χ3n) is 1.67. The van der Waals surface area contributed by atoms with Crippen LogP contribution in [-0.4, -0.2) is 5.97 Å². The van der Waals surface area contributed by atoms with Gasteiger partial charge >= 0.3 is 5.97 Å². The van der Waals surface area contributed by atoms with Crippen LogP contribution in [0.25, 0.3) is 0 Å². The molecule has 0 saturated carbocycles. The topological polar surface area (TPSA) is 26.3 Å². The molecule has 0 aliphatic heterocycles. The molecule has 0 heterocycles. The lowest BCUT2D eigenvalue weighted by molar-refractivity contribution is -0.133. The molecular weight excluding hydrogens is 160 g/mol. The molecule has 0 aromatic heterocycles. The molecule has 0 aromatic rings. The van der Waals surface area contributed by atoms with Crippen LogP contribution in [0.15, 0.2) is 0 Å². The van der Waals surface area contributed by atoms with Crippen LogP contribution in [0.1, 0.15) is 39.5 Å². The molecule has 3 heteroatoms. The molecular formula is C8H16O2S. The van der Waals surface area contributed by atoms with Crippen molar-refractivity contribution >= 4 is 18.9 Å². The summed E-state index contributed by atoms with van der Waals surface area (Å²) in [5, 5.41) is 0. The van der Waals surface area contributed by atoms with Gasteiger partial charge in [-0.15, -0.1) is 0 Å². The van der Waals surface area contributed by atoms with E-state index < -0.39 is 0 Å². The zero-order chi connectivity index (χ0) is 8.69. The fourth-order valence-corrected chi connectivity index (χ4v) is 1.05. The average molecular weight is 176 g/mol. The van der Waals surface area contributed by atoms with Gasteiger partial charge in [0, 0.05) is 19.3 Å². The fourth-order valence-electron chi connectivity index (χ4n) is 0.976. The smallest absolute Gasteiger partial charge is 0.317 e. The summed E-state index contributed by atoms with van der Waals surface area (Å²) in [5.74, 6) is 0.200. The summed E-state index contributed by atoms with van der Waals surface area (Å²) >= 11 is 3.43. The van der Waals surface area contributed by atoms with Crippen molar-refractivity contribution in [1.29, 1.82) is 0 Å². The Morgan fingerprint density at radius 1 is 1.64 bits per heavy atom. The van der Waals surface area contributed by atoms with E-state index in [9.17, 15) is 4.79 Å². The van der Waals surface area contributed by atoms with Crippen molar-refractivity contribution in [2.75, 3.05) is 0 Å². The molecule has 0 fully saturated rings. The van der Waals surface area contributed by atoms with E-state index in [1.54, 1.807) is 0 Å². The van der Waals surface area contributed by atoms with Gasteiger partial charge < -0.3 is 4.18 Å². The van der Waals surface area contributed by atoms with Crippen LogP contribution in [0.3, 0.4) is 0 Å². The highest BCUT2D eigenvalue weighted by atomic mass is 32.1. The van der Waals surface area contributed by atoms with E-state index >= 15 is 0 Å². The Kier molecular flexibility index (Phi) is 6.42. The van der Waals surface area contributed by atoms with E-state index in [0.717, 1.165) is 6.42 Å². The van der Waals surface area contributed by atoms with Gasteiger partial charge in [-0.1, -0.05) is 33.1 Å². The molecule has 0 N–H and O–H groups in total. The van der Waals surface area contributed by atoms with Crippen LogP contribution in [0.4, 0.5) is 0 Å². The van der Waals surface area contributed by atoms with Gasteiger partial charge in [0.25, 0.3) is 0 Å². The van der Waals surface area contributed by atoms with E-state index in [2.05, 4.69) is 30.9 Å². The summed E-state index contributed by atoms with van der Waals surface area (Å²) in [6, 6.07) is 0. The number of hydrogen-bond acceptors (Lipinski definition) is 3. The number of thiol groups is 1. The molecule has 0 aliphatic rings. The van der Waals surface area contributed by atoms with Gasteiger partial charge in [-0.2, -0.15) is 0 Å². The molecule has 0 aromatic carbocycles. The molecule has 1 atom stereocenters. The Labute approximate surface area is 73.9 Å². The molecule has 0 radical (unpaired) electrons. The Morgan fingerprint density at radius 2 is 2.27 bits per heavy atom. The van der Waals surface area contributed by atoms with Gasteiger partial charge in [0.1, 0.15) is 0 Å². The minimum atomic E-state index is -0.225. The van der Waals surface area contributed by atoms with E-state index in [1.165, 1.54) is 12.8 Å². The molecule has 0 saturated heterocycles. The van der Waals surface area contributed by atoms with Crippen molar-refractivity contribution in [3.63, 3.8) is 0 Å². The van der Waals surface area contributed by atoms with Crippen molar-refractivity contribution in [2.24, 2.45) is 5.92 Å². The normalized spacial score (nSPS) is 12.6. The highest BCUT2D eigenvalue weighted by molar-refractivity contribution is 7.75. The number of carbonyl (C=O) groups is 1. The predicted molar refractivity (Wildman–Crippen MR) is 48.4 cm³/mol. The summed E-state index contributed by atoms with van der Waals surface area (Å²) in [5.41, 5.74) is 0. The van der Waals surface area contributed by atoms with Crippen LogP contribution in [-0.2, 0) is 8.98 Å². The zero-order valence-corrected chi connectivity index (χ0v) is 8.06. The van der Waals surface area contributed by atoms with Crippen LogP contribution in [0.5, 0.6) is 0 Å². The second kappa shape index (κ2) is 6.53. The molecule has 1 unspecified atom stereocenters. The quantitative estimate of drug-likeness (QED) is 0.515. The van der Waals surface area contributed by atoms with Crippen LogP contribution >= 0.6 is 12.9 Å². The Balaban J connectivity index is 3.35. The molecule has 2 nitrogen and oxygen atoms in total. The van der Waals surface area contributed by atoms with E-state index in [0.29, 0.717) is 12.3 Å². The second-order valence-electron chi connectivity index (χ2n) is 2.91. The lowest BCUT2D eigenvalue weighted by atomic mass is 10.0. The molecule has 66 valence electrons. The minimum Gasteiger partial charge on any atom is -0.395 e. The first kappa shape index (κ1) is 10.8.